The molecule has 0 saturated carbocycles. The Morgan fingerprint density at radius 3 is 2.73 bits per heavy atom. The van der Waals surface area contributed by atoms with Gasteiger partial charge in [-0.15, -0.1) is 0 Å². The average Bonchev–Trinajstić information content (AvgIpc) is 3.66. The van der Waals surface area contributed by atoms with Crippen LogP contribution < -0.4 is 25.2 Å². The Bertz CT molecular complexity index is 1340. The number of aromatic nitrogens is 3. The van der Waals surface area contributed by atoms with E-state index in [4.69, 9.17) is 29.9 Å². The predicted molar refractivity (Wildman–Crippen MR) is 138 cm³/mol. The van der Waals surface area contributed by atoms with E-state index in [0.29, 0.717) is 61.3 Å². The van der Waals surface area contributed by atoms with Crippen molar-refractivity contribution >= 4 is 44.2 Å². The van der Waals surface area contributed by atoms with Gasteiger partial charge in [-0.25, -0.2) is 9.97 Å². The summed E-state index contributed by atoms with van der Waals surface area (Å²) >= 11 is 1.54. The van der Waals surface area contributed by atoms with E-state index in [1.807, 2.05) is 17.0 Å². The monoisotopic (exact) mass is 525 g/mol. The third-order valence-corrected chi connectivity index (χ3v) is 7.70. The van der Waals surface area contributed by atoms with Crippen molar-refractivity contribution in [2.24, 2.45) is 5.73 Å². The Morgan fingerprint density at radius 2 is 2.05 bits per heavy atom. The third-order valence-electron chi connectivity index (χ3n) is 6.64. The van der Waals surface area contributed by atoms with E-state index < -0.39 is 18.2 Å². The first kappa shape index (κ1) is 23.7. The van der Waals surface area contributed by atoms with Crippen LogP contribution in [-0.2, 0) is 14.3 Å². The molecule has 6 rings (SSSR count). The molecule has 3 aliphatic rings. The molecular weight excluding hydrogens is 498 g/mol. The second kappa shape index (κ2) is 9.65. The molecule has 3 aromatic heterocycles. The van der Waals surface area contributed by atoms with Gasteiger partial charge in [-0.3, -0.25) is 9.69 Å². The highest BCUT2D eigenvalue weighted by Gasteiger charge is 2.38. The number of hydrogen-bond acceptors (Lipinski definition) is 12. The summed E-state index contributed by atoms with van der Waals surface area (Å²) in [6.07, 6.45) is 2.47. The Morgan fingerprint density at radius 1 is 1.22 bits per heavy atom. The molecule has 0 spiro atoms. The van der Waals surface area contributed by atoms with Gasteiger partial charge >= 0.3 is 0 Å². The second-order valence-electron chi connectivity index (χ2n) is 9.00. The number of carbonyl (C=O) groups is 1. The van der Waals surface area contributed by atoms with Crippen LogP contribution in [0.5, 0.6) is 5.88 Å². The zero-order chi connectivity index (χ0) is 25.5. The molecule has 37 heavy (non-hydrogen) atoms. The Hall–Kier alpha value is -3.68. The van der Waals surface area contributed by atoms with Crippen molar-refractivity contribution in [3.05, 3.63) is 41.9 Å². The summed E-state index contributed by atoms with van der Waals surface area (Å²) in [6.45, 7) is 3.87. The van der Waals surface area contributed by atoms with Crippen LogP contribution in [0.25, 0.3) is 10.3 Å². The van der Waals surface area contributed by atoms with E-state index in [0.717, 1.165) is 22.9 Å². The Labute approximate surface area is 216 Å². The number of β-amino-alcohol motifs (C(OH)–C–C–N with tert-alkyl or cyclic N) is 1. The van der Waals surface area contributed by atoms with Crippen molar-refractivity contribution in [1.82, 2.24) is 15.0 Å². The summed E-state index contributed by atoms with van der Waals surface area (Å²) < 4.78 is 17.5. The lowest BCUT2D eigenvalue weighted by Gasteiger charge is -2.30. The minimum absolute atomic E-state index is 0.195. The first-order chi connectivity index (χ1) is 18.0. The van der Waals surface area contributed by atoms with Crippen molar-refractivity contribution < 1.29 is 24.1 Å². The van der Waals surface area contributed by atoms with E-state index >= 15 is 0 Å². The molecule has 2 fully saturated rings. The number of aliphatic hydroxyl groups is 1. The maximum atomic E-state index is 12.5. The molecular formula is C24H27N7O5S. The number of fused-ring (bicyclic) bond motifs is 1. The van der Waals surface area contributed by atoms with Crippen LogP contribution in [0.2, 0.25) is 0 Å². The fourth-order valence-corrected chi connectivity index (χ4v) is 5.75. The number of primary amides is 1. The number of amides is 1. The number of morpholine rings is 1. The zero-order valence-corrected chi connectivity index (χ0v) is 21.1. The number of pyridine rings is 2. The number of nitrogens with zero attached hydrogens (tertiary/aromatic N) is 6. The molecule has 12 nitrogen and oxygen atoms in total. The maximum Gasteiger partial charge on any atom is 0.268 e. The highest BCUT2D eigenvalue weighted by molar-refractivity contribution is 7.22. The summed E-state index contributed by atoms with van der Waals surface area (Å²) in [6, 6.07) is 5.53. The molecule has 3 aliphatic heterocycles. The van der Waals surface area contributed by atoms with Crippen LogP contribution in [0.15, 0.2) is 36.4 Å². The van der Waals surface area contributed by atoms with Gasteiger partial charge in [-0.05, 0) is 18.6 Å². The van der Waals surface area contributed by atoms with Crippen molar-refractivity contribution in [3.63, 3.8) is 0 Å². The SMILES string of the molecule is COc1ccc([C@@H]2OC=C(C(N)=O)N2c2cc3sc(N4CCOCC4)nc3nc2N2CCC(O)C2)cn1. The molecule has 0 aliphatic carbocycles. The number of nitrogens with two attached hydrogens (primary N) is 1. The van der Waals surface area contributed by atoms with Crippen LogP contribution in [0.3, 0.4) is 0 Å². The number of rotatable bonds is 6. The molecule has 3 N–H and O–H groups in total. The van der Waals surface area contributed by atoms with Crippen molar-refractivity contribution in [3.8, 4) is 5.88 Å². The summed E-state index contributed by atoms with van der Waals surface area (Å²) in [5, 5.41) is 11.1. The summed E-state index contributed by atoms with van der Waals surface area (Å²) in [5.41, 5.74) is 7.94. The highest BCUT2D eigenvalue weighted by Crippen LogP contribution is 2.44. The van der Waals surface area contributed by atoms with E-state index in [9.17, 15) is 9.90 Å². The van der Waals surface area contributed by atoms with Crippen molar-refractivity contribution in [1.29, 1.82) is 0 Å². The maximum absolute atomic E-state index is 12.5. The Kier molecular flexibility index (Phi) is 6.18. The van der Waals surface area contributed by atoms with Crippen molar-refractivity contribution in [2.75, 3.05) is 61.2 Å². The molecule has 1 amide bonds. The summed E-state index contributed by atoms with van der Waals surface area (Å²) in [7, 11) is 1.55. The van der Waals surface area contributed by atoms with E-state index in [1.54, 1.807) is 24.3 Å². The molecule has 0 radical (unpaired) electrons. The normalized spacial score (nSPS) is 21.9. The van der Waals surface area contributed by atoms with Gasteiger partial charge in [0.2, 0.25) is 12.1 Å². The molecule has 194 valence electrons. The number of ether oxygens (including phenoxy) is 3. The number of thiazole rings is 1. The van der Waals surface area contributed by atoms with Crippen LogP contribution in [0.4, 0.5) is 16.6 Å². The van der Waals surface area contributed by atoms with E-state index in [2.05, 4.69) is 9.88 Å². The number of carbonyl (C=O) groups excluding carboxylic acids is 1. The fraction of sp³-hybridized carbons (Fsp3) is 0.417. The number of hydrogen-bond donors (Lipinski definition) is 2. The van der Waals surface area contributed by atoms with Crippen LogP contribution in [-0.4, -0.2) is 78.6 Å². The quantitative estimate of drug-likeness (QED) is 0.482. The van der Waals surface area contributed by atoms with Crippen LogP contribution >= 0.6 is 11.3 Å². The molecule has 13 heteroatoms. The Balaban J connectivity index is 1.47. The van der Waals surface area contributed by atoms with Gasteiger partial charge in [0, 0.05) is 44.0 Å². The minimum atomic E-state index is -0.696. The van der Waals surface area contributed by atoms with Gasteiger partial charge in [0.15, 0.2) is 16.6 Å². The van der Waals surface area contributed by atoms with Gasteiger partial charge in [0.25, 0.3) is 5.91 Å². The molecule has 0 aromatic carbocycles. The van der Waals surface area contributed by atoms with Gasteiger partial charge in [0.1, 0.15) is 12.0 Å². The third kappa shape index (κ3) is 4.38. The standard InChI is InChI=1S/C24H27N7O5S/c1-34-19-3-2-14(11-26-19)23-31(17(13-36-23)20(25)33)16-10-18-21(27-22(16)30-5-4-15(32)12-30)28-24(37-18)29-6-8-35-9-7-29/h2-3,10-11,13,15,23,32H,4-9,12H2,1H3,(H2,25,33)/t15?,23-/m0/s1. The number of methoxy groups -OCH3 is 1. The van der Waals surface area contributed by atoms with Gasteiger partial charge in [-0.1, -0.05) is 11.3 Å². The predicted octanol–water partition coefficient (Wildman–Crippen LogP) is 1.36. The highest BCUT2D eigenvalue weighted by atomic mass is 32.1. The largest absolute Gasteiger partial charge is 0.481 e. The number of aliphatic hydroxyl groups excluding tert-OH is 1. The van der Waals surface area contributed by atoms with Crippen LogP contribution in [0, 0.1) is 0 Å². The lowest BCUT2D eigenvalue weighted by atomic mass is 10.2. The smallest absolute Gasteiger partial charge is 0.268 e. The van der Waals surface area contributed by atoms with Crippen LogP contribution in [0.1, 0.15) is 18.2 Å². The molecule has 0 bridgehead atoms. The van der Waals surface area contributed by atoms with E-state index in [1.165, 1.54) is 17.6 Å². The molecule has 6 heterocycles. The lowest BCUT2D eigenvalue weighted by Crippen LogP contribution is -2.36. The summed E-state index contributed by atoms with van der Waals surface area (Å²) in [5.74, 6) is 0.438. The molecule has 2 atom stereocenters. The molecule has 2 saturated heterocycles. The lowest BCUT2D eigenvalue weighted by molar-refractivity contribution is -0.114. The average molecular weight is 526 g/mol. The van der Waals surface area contributed by atoms with Gasteiger partial charge in [-0.2, -0.15) is 4.98 Å². The van der Waals surface area contributed by atoms with E-state index in [-0.39, 0.29) is 5.70 Å². The minimum Gasteiger partial charge on any atom is -0.481 e. The zero-order valence-electron chi connectivity index (χ0n) is 20.2. The number of anilines is 3. The fourth-order valence-electron chi connectivity index (χ4n) is 4.76. The second-order valence-corrected chi connectivity index (χ2v) is 10.0. The first-order valence-electron chi connectivity index (χ1n) is 12.0. The molecule has 3 aromatic rings. The topological polar surface area (TPSA) is 139 Å². The van der Waals surface area contributed by atoms with Crippen molar-refractivity contribution in [2.45, 2.75) is 18.8 Å². The summed E-state index contributed by atoms with van der Waals surface area (Å²) in [4.78, 5) is 32.5. The molecule has 1 unspecified atom stereocenters. The van der Waals surface area contributed by atoms with Gasteiger partial charge in [0.05, 0.1) is 36.8 Å². The van der Waals surface area contributed by atoms with Gasteiger partial charge < -0.3 is 34.9 Å². The first-order valence-corrected chi connectivity index (χ1v) is 12.9.